The van der Waals surface area contributed by atoms with E-state index in [1.54, 1.807) is 4.90 Å². The van der Waals surface area contributed by atoms with Crippen LogP contribution in [0.4, 0.5) is 5.69 Å². The van der Waals surface area contributed by atoms with E-state index in [0.29, 0.717) is 44.0 Å². The van der Waals surface area contributed by atoms with Crippen molar-refractivity contribution in [3.63, 3.8) is 0 Å². The zero-order chi connectivity index (χ0) is 19.0. The number of amides is 2. The second-order valence-electron chi connectivity index (χ2n) is 7.52. The summed E-state index contributed by atoms with van der Waals surface area (Å²) in [5.74, 6) is 2.38. The third-order valence-corrected chi connectivity index (χ3v) is 5.34. The van der Waals surface area contributed by atoms with E-state index in [4.69, 9.17) is 0 Å². The van der Waals surface area contributed by atoms with E-state index in [2.05, 4.69) is 28.6 Å². The van der Waals surface area contributed by atoms with Gasteiger partial charge in [0.15, 0.2) is 0 Å². The van der Waals surface area contributed by atoms with Gasteiger partial charge in [-0.05, 0) is 24.6 Å². The molecule has 0 bridgehead atoms. The number of anilines is 1. The van der Waals surface area contributed by atoms with Gasteiger partial charge in [0, 0.05) is 56.2 Å². The van der Waals surface area contributed by atoms with Crippen LogP contribution in [0.15, 0.2) is 24.3 Å². The molecule has 0 atom stereocenters. The molecule has 7 heteroatoms. The minimum Gasteiger partial charge on any atom is -0.336 e. The maximum absolute atomic E-state index is 13.1. The standard InChI is InChI=1S/C20H25N5O2/c1-14(2)19-22-21-17-8-10-23(11-12-25(17)19)20(27)15-5-3-6-16(13-15)24-9-4-7-18(24)26/h3,5-6,13-14H,4,7-12H2,1-2H3. The highest BCUT2D eigenvalue weighted by atomic mass is 16.2. The first kappa shape index (κ1) is 17.7. The first-order valence-electron chi connectivity index (χ1n) is 9.66. The Morgan fingerprint density at radius 2 is 1.93 bits per heavy atom. The Balaban J connectivity index is 1.51. The quantitative estimate of drug-likeness (QED) is 0.834. The van der Waals surface area contributed by atoms with Gasteiger partial charge in [-0.3, -0.25) is 9.59 Å². The van der Waals surface area contributed by atoms with Crippen molar-refractivity contribution in [3.8, 4) is 0 Å². The molecular formula is C20H25N5O2. The molecule has 142 valence electrons. The molecule has 1 aromatic carbocycles. The van der Waals surface area contributed by atoms with Crippen molar-refractivity contribution in [1.29, 1.82) is 0 Å². The molecule has 27 heavy (non-hydrogen) atoms. The van der Waals surface area contributed by atoms with Crippen molar-refractivity contribution in [2.75, 3.05) is 24.5 Å². The Hall–Kier alpha value is -2.70. The van der Waals surface area contributed by atoms with Gasteiger partial charge in [0.05, 0.1) is 0 Å². The van der Waals surface area contributed by atoms with Crippen molar-refractivity contribution >= 4 is 17.5 Å². The number of rotatable bonds is 3. The highest BCUT2D eigenvalue weighted by Gasteiger charge is 2.25. The minimum absolute atomic E-state index is 0.00769. The first-order valence-corrected chi connectivity index (χ1v) is 9.66. The van der Waals surface area contributed by atoms with Crippen LogP contribution >= 0.6 is 0 Å². The maximum atomic E-state index is 13.1. The molecule has 0 unspecified atom stereocenters. The Morgan fingerprint density at radius 1 is 1.07 bits per heavy atom. The van der Waals surface area contributed by atoms with Crippen LogP contribution in [0, 0.1) is 0 Å². The lowest BCUT2D eigenvalue weighted by Crippen LogP contribution is -2.34. The molecule has 0 N–H and O–H groups in total. The summed E-state index contributed by atoms with van der Waals surface area (Å²) >= 11 is 0. The lowest BCUT2D eigenvalue weighted by atomic mass is 10.1. The molecule has 0 saturated carbocycles. The van der Waals surface area contributed by atoms with Crippen molar-refractivity contribution in [2.24, 2.45) is 0 Å². The van der Waals surface area contributed by atoms with Gasteiger partial charge in [0.25, 0.3) is 5.91 Å². The van der Waals surface area contributed by atoms with Gasteiger partial charge >= 0.3 is 0 Å². The van der Waals surface area contributed by atoms with Crippen LogP contribution < -0.4 is 4.90 Å². The number of hydrogen-bond donors (Lipinski definition) is 0. The number of aromatic nitrogens is 3. The second-order valence-corrected chi connectivity index (χ2v) is 7.52. The number of nitrogens with zero attached hydrogens (tertiary/aromatic N) is 5. The third kappa shape index (κ3) is 3.34. The summed E-state index contributed by atoms with van der Waals surface area (Å²) in [4.78, 5) is 28.7. The lowest BCUT2D eigenvalue weighted by Gasteiger charge is -2.22. The average molecular weight is 367 g/mol. The highest BCUT2D eigenvalue weighted by Crippen LogP contribution is 2.23. The molecule has 0 spiro atoms. The number of fused-ring (bicyclic) bond motifs is 1. The number of carbonyl (C=O) groups is 2. The zero-order valence-electron chi connectivity index (χ0n) is 15.9. The van der Waals surface area contributed by atoms with Crippen LogP contribution in [0.5, 0.6) is 0 Å². The molecule has 0 aliphatic carbocycles. The summed E-state index contributed by atoms with van der Waals surface area (Å²) in [6.07, 6.45) is 2.17. The van der Waals surface area contributed by atoms with Crippen LogP contribution in [0.3, 0.4) is 0 Å². The Morgan fingerprint density at radius 3 is 2.67 bits per heavy atom. The molecule has 2 aliphatic heterocycles. The Bertz CT molecular complexity index is 873. The predicted molar refractivity (Wildman–Crippen MR) is 102 cm³/mol. The zero-order valence-corrected chi connectivity index (χ0v) is 15.9. The molecular weight excluding hydrogens is 342 g/mol. The van der Waals surface area contributed by atoms with Crippen molar-refractivity contribution in [2.45, 2.75) is 45.6 Å². The van der Waals surface area contributed by atoms with E-state index in [-0.39, 0.29) is 11.8 Å². The van der Waals surface area contributed by atoms with E-state index in [1.165, 1.54) is 0 Å². The molecule has 0 radical (unpaired) electrons. The van der Waals surface area contributed by atoms with Crippen molar-refractivity contribution in [1.82, 2.24) is 19.7 Å². The Labute approximate surface area is 159 Å². The SMILES string of the molecule is CC(C)c1nnc2n1CCN(C(=O)c1cccc(N3CCCC3=O)c1)CC2. The highest BCUT2D eigenvalue weighted by molar-refractivity contribution is 5.99. The van der Waals surface area contributed by atoms with E-state index >= 15 is 0 Å². The smallest absolute Gasteiger partial charge is 0.254 e. The maximum Gasteiger partial charge on any atom is 0.254 e. The minimum atomic E-state index is 0.00769. The molecule has 1 fully saturated rings. The molecule has 3 heterocycles. The molecule has 1 saturated heterocycles. The van der Waals surface area contributed by atoms with Gasteiger partial charge in [-0.2, -0.15) is 0 Å². The molecule has 1 aromatic heterocycles. The summed E-state index contributed by atoms with van der Waals surface area (Å²) in [5, 5.41) is 8.61. The molecule has 4 rings (SSSR count). The fourth-order valence-electron chi connectivity index (χ4n) is 3.89. The second kappa shape index (κ2) is 7.13. The van der Waals surface area contributed by atoms with E-state index < -0.39 is 0 Å². The van der Waals surface area contributed by atoms with Gasteiger partial charge in [-0.1, -0.05) is 19.9 Å². The van der Waals surface area contributed by atoms with Gasteiger partial charge in [0.1, 0.15) is 11.6 Å². The summed E-state index contributed by atoms with van der Waals surface area (Å²) < 4.78 is 2.15. The van der Waals surface area contributed by atoms with Crippen LogP contribution in [0.1, 0.15) is 54.6 Å². The third-order valence-electron chi connectivity index (χ3n) is 5.34. The van der Waals surface area contributed by atoms with Gasteiger partial charge < -0.3 is 14.4 Å². The van der Waals surface area contributed by atoms with E-state index in [0.717, 1.165) is 30.3 Å². The van der Waals surface area contributed by atoms with Gasteiger partial charge in [-0.15, -0.1) is 10.2 Å². The average Bonchev–Trinajstić information content (AvgIpc) is 3.22. The van der Waals surface area contributed by atoms with Gasteiger partial charge in [-0.25, -0.2) is 0 Å². The normalized spacial score (nSPS) is 17.4. The van der Waals surface area contributed by atoms with Crippen molar-refractivity contribution < 1.29 is 9.59 Å². The van der Waals surface area contributed by atoms with Crippen LogP contribution in [0.25, 0.3) is 0 Å². The van der Waals surface area contributed by atoms with Crippen LogP contribution in [-0.2, 0) is 17.8 Å². The summed E-state index contributed by atoms with van der Waals surface area (Å²) in [6, 6.07) is 7.43. The summed E-state index contributed by atoms with van der Waals surface area (Å²) in [5.41, 5.74) is 1.45. The largest absolute Gasteiger partial charge is 0.336 e. The lowest BCUT2D eigenvalue weighted by molar-refractivity contribution is -0.117. The fourth-order valence-corrected chi connectivity index (χ4v) is 3.89. The Kier molecular flexibility index (Phi) is 4.68. The first-order chi connectivity index (χ1) is 13.0. The number of benzene rings is 1. The molecule has 2 aliphatic rings. The molecule has 2 aromatic rings. The number of hydrogen-bond acceptors (Lipinski definition) is 4. The topological polar surface area (TPSA) is 71.3 Å². The van der Waals surface area contributed by atoms with E-state index in [1.807, 2.05) is 29.2 Å². The molecule has 2 amide bonds. The predicted octanol–water partition coefficient (Wildman–Crippen LogP) is 2.23. The van der Waals surface area contributed by atoms with Crippen molar-refractivity contribution in [3.05, 3.63) is 41.5 Å². The van der Waals surface area contributed by atoms with Crippen LogP contribution in [0.2, 0.25) is 0 Å². The van der Waals surface area contributed by atoms with Gasteiger partial charge in [0.2, 0.25) is 5.91 Å². The van der Waals surface area contributed by atoms with E-state index in [9.17, 15) is 9.59 Å². The fraction of sp³-hybridized carbons (Fsp3) is 0.500. The number of carbonyl (C=O) groups excluding carboxylic acids is 2. The summed E-state index contributed by atoms with van der Waals surface area (Å²) in [7, 11) is 0. The molecule has 7 nitrogen and oxygen atoms in total. The summed E-state index contributed by atoms with van der Waals surface area (Å²) in [6.45, 7) is 6.92. The van der Waals surface area contributed by atoms with Crippen LogP contribution in [-0.4, -0.2) is 51.1 Å². The monoisotopic (exact) mass is 367 g/mol.